The van der Waals surface area contributed by atoms with Crippen LogP contribution in [0.2, 0.25) is 0 Å². The molecular formula is C20H24N2O3S. The van der Waals surface area contributed by atoms with Crippen LogP contribution in [0, 0.1) is 13.8 Å². The third-order valence-electron chi connectivity index (χ3n) is 4.70. The van der Waals surface area contributed by atoms with E-state index < -0.39 is 10.0 Å². The number of piperazine rings is 1. The molecule has 0 atom stereocenters. The topological polar surface area (TPSA) is 57.7 Å². The summed E-state index contributed by atoms with van der Waals surface area (Å²) in [7, 11) is -3.47. The molecule has 2 aromatic carbocycles. The summed E-state index contributed by atoms with van der Waals surface area (Å²) < 4.78 is 27.0. The molecule has 0 spiro atoms. The fraction of sp³-hybridized carbons (Fsp3) is 0.350. The third kappa shape index (κ3) is 4.20. The van der Waals surface area contributed by atoms with Crippen molar-refractivity contribution >= 4 is 15.8 Å². The highest BCUT2D eigenvalue weighted by molar-refractivity contribution is 7.89. The van der Waals surface area contributed by atoms with Gasteiger partial charge in [-0.15, -0.1) is 0 Å². The summed E-state index contributed by atoms with van der Waals surface area (Å²) >= 11 is 0. The van der Waals surface area contributed by atoms with Gasteiger partial charge in [-0.2, -0.15) is 4.31 Å². The van der Waals surface area contributed by atoms with E-state index in [-0.39, 0.29) is 5.78 Å². The van der Waals surface area contributed by atoms with Crippen molar-refractivity contribution in [2.24, 2.45) is 0 Å². The number of carbonyl (C=O) groups is 1. The van der Waals surface area contributed by atoms with Crippen LogP contribution in [-0.4, -0.2) is 56.1 Å². The highest BCUT2D eigenvalue weighted by Crippen LogP contribution is 2.19. The van der Waals surface area contributed by atoms with Gasteiger partial charge in [-0.1, -0.05) is 42.0 Å². The Morgan fingerprint density at radius 1 is 0.923 bits per heavy atom. The molecule has 0 amide bonds. The monoisotopic (exact) mass is 372 g/mol. The molecule has 0 bridgehead atoms. The van der Waals surface area contributed by atoms with Crippen molar-refractivity contribution < 1.29 is 13.2 Å². The highest BCUT2D eigenvalue weighted by Gasteiger charge is 2.29. The minimum atomic E-state index is -3.47. The number of benzene rings is 2. The summed E-state index contributed by atoms with van der Waals surface area (Å²) in [6.07, 6.45) is 0. The fourth-order valence-corrected chi connectivity index (χ4v) is 4.61. The predicted octanol–water partition coefficient (Wildman–Crippen LogP) is 2.49. The van der Waals surface area contributed by atoms with E-state index >= 15 is 0 Å². The molecule has 3 rings (SSSR count). The minimum Gasteiger partial charge on any atom is -0.293 e. The molecule has 1 fully saturated rings. The molecule has 1 saturated heterocycles. The molecule has 1 aliphatic heterocycles. The number of hydrogen-bond acceptors (Lipinski definition) is 4. The van der Waals surface area contributed by atoms with Crippen molar-refractivity contribution in [2.45, 2.75) is 18.7 Å². The number of carbonyl (C=O) groups excluding carboxylic acids is 1. The molecule has 0 radical (unpaired) electrons. The van der Waals surface area contributed by atoms with Crippen LogP contribution in [0.25, 0.3) is 0 Å². The molecule has 5 nitrogen and oxygen atoms in total. The summed E-state index contributed by atoms with van der Waals surface area (Å²) in [6, 6.07) is 14.5. The maximum Gasteiger partial charge on any atom is 0.243 e. The first-order chi connectivity index (χ1) is 12.4. The van der Waals surface area contributed by atoms with E-state index in [0.717, 1.165) is 11.1 Å². The SMILES string of the molecule is Cc1ccc(C(=O)CN2CCN(S(=O)(=O)c3cccc(C)c3)CC2)cc1. The van der Waals surface area contributed by atoms with Crippen LogP contribution in [0.5, 0.6) is 0 Å². The molecule has 26 heavy (non-hydrogen) atoms. The maximum atomic E-state index is 12.8. The van der Waals surface area contributed by atoms with Crippen molar-refractivity contribution in [1.29, 1.82) is 0 Å². The Balaban J connectivity index is 1.60. The second kappa shape index (κ2) is 7.70. The average molecular weight is 372 g/mol. The predicted molar refractivity (Wildman–Crippen MR) is 102 cm³/mol. The van der Waals surface area contributed by atoms with Gasteiger partial charge in [0.25, 0.3) is 0 Å². The molecule has 0 aromatic heterocycles. The van der Waals surface area contributed by atoms with Gasteiger partial charge in [0.1, 0.15) is 0 Å². The van der Waals surface area contributed by atoms with Crippen LogP contribution in [0.15, 0.2) is 53.4 Å². The van der Waals surface area contributed by atoms with Gasteiger partial charge in [-0.05, 0) is 31.5 Å². The zero-order valence-corrected chi connectivity index (χ0v) is 16.0. The van der Waals surface area contributed by atoms with E-state index in [2.05, 4.69) is 0 Å². The molecule has 1 heterocycles. The first kappa shape index (κ1) is 18.8. The van der Waals surface area contributed by atoms with E-state index in [0.29, 0.717) is 43.2 Å². The van der Waals surface area contributed by atoms with Gasteiger partial charge in [0.05, 0.1) is 11.4 Å². The quantitative estimate of drug-likeness (QED) is 0.757. The summed E-state index contributed by atoms with van der Waals surface area (Å²) in [4.78, 5) is 14.7. The number of nitrogens with zero attached hydrogens (tertiary/aromatic N) is 2. The number of rotatable bonds is 5. The number of hydrogen-bond donors (Lipinski definition) is 0. The van der Waals surface area contributed by atoms with Gasteiger partial charge in [0, 0.05) is 31.7 Å². The van der Waals surface area contributed by atoms with Crippen molar-refractivity contribution in [3.8, 4) is 0 Å². The van der Waals surface area contributed by atoms with Crippen LogP contribution in [0.3, 0.4) is 0 Å². The van der Waals surface area contributed by atoms with Crippen molar-refractivity contribution in [3.05, 3.63) is 65.2 Å². The lowest BCUT2D eigenvalue weighted by atomic mass is 10.1. The second-order valence-corrected chi connectivity index (χ2v) is 8.72. The summed E-state index contributed by atoms with van der Waals surface area (Å²) in [5, 5.41) is 0. The van der Waals surface area contributed by atoms with Gasteiger partial charge < -0.3 is 0 Å². The lowest BCUT2D eigenvalue weighted by molar-refractivity contribution is 0.0901. The van der Waals surface area contributed by atoms with Crippen molar-refractivity contribution in [2.75, 3.05) is 32.7 Å². The second-order valence-electron chi connectivity index (χ2n) is 6.79. The Bertz CT molecular complexity index is 884. The Kier molecular flexibility index (Phi) is 5.55. The number of aryl methyl sites for hydroxylation is 2. The summed E-state index contributed by atoms with van der Waals surface area (Å²) in [6.45, 7) is 6.11. The molecule has 6 heteroatoms. The number of ketones is 1. The number of Topliss-reactive ketones (excluding diaryl/α,β-unsaturated/α-hetero) is 1. The van der Waals surface area contributed by atoms with Crippen LogP contribution < -0.4 is 0 Å². The molecule has 0 saturated carbocycles. The fourth-order valence-electron chi connectivity index (χ4n) is 3.09. The summed E-state index contributed by atoms with van der Waals surface area (Å²) in [5.74, 6) is 0.0694. The molecule has 0 aliphatic carbocycles. The average Bonchev–Trinajstić information content (AvgIpc) is 2.62. The largest absolute Gasteiger partial charge is 0.293 e. The Morgan fingerprint density at radius 2 is 1.58 bits per heavy atom. The third-order valence-corrected chi connectivity index (χ3v) is 6.59. The smallest absolute Gasteiger partial charge is 0.243 e. The molecule has 0 unspecified atom stereocenters. The maximum absolute atomic E-state index is 12.8. The van der Waals surface area contributed by atoms with E-state index in [1.165, 1.54) is 4.31 Å². The van der Waals surface area contributed by atoms with E-state index in [4.69, 9.17) is 0 Å². The lowest BCUT2D eigenvalue weighted by Gasteiger charge is -2.33. The van der Waals surface area contributed by atoms with Crippen LogP contribution in [-0.2, 0) is 10.0 Å². The van der Waals surface area contributed by atoms with Crippen molar-refractivity contribution in [3.63, 3.8) is 0 Å². The van der Waals surface area contributed by atoms with Crippen LogP contribution in [0.1, 0.15) is 21.5 Å². The molecule has 1 aliphatic rings. The highest BCUT2D eigenvalue weighted by atomic mass is 32.2. The minimum absolute atomic E-state index is 0.0694. The van der Waals surface area contributed by atoms with Gasteiger partial charge >= 0.3 is 0 Å². The molecule has 138 valence electrons. The zero-order chi connectivity index (χ0) is 18.7. The Hall–Kier alpha value is -2.02. The normalized spacial score (nSPS) is 16.5. The number of sulfonamides is 1. The molecule has 0 N–H and O–H groups in total. The van der Waals surface area contributed by atoms with Gasteiger partial charge in [-0.3, -0.25) is 9.69 Å². The lowest BCUT2D eigenvalue weighted by Crippen LogP contribution is -2.49. The van der Waals surface area contributed by atoms with E-state index in [1.807, 2.05) is 49.1 Å². The summed E-state index contributed by atoms with van der Waals surface area (Å²) in [5.41, 5.74) is 2.75. The standard InChI is InChI=1S/C20H24N2O3S/c1-16-6-8-18(9-7-16)20(23)15-21-10-12-22(13-11-21)26(24,25)19-5-3-4-17(2)14-19/h3-9,14H,10-13,15H2,1-2H3. The zero-order valence-electron chi connectivity index (χ0n) is 15.2. The first-order valence-electron chi connectivity index (χ1n) is 8.75. The Morgan fingerprint density at radius 3 is 2.19 bits per heavy atom. The first-order valence-corrected chi connectivity index (χ1v) is 10.2. The van der Waals surface area contributed by atoms with E-state index in [9.17, 15) is 13.2 Å². The van der Waals surface area contributed by atoms with Crippen molar-refractivity contribution in [1.82, 2.24) is 9.21 Å². The molecular weight excluding hydrogens is 348 g/mol. The Labute approximate surface area is 155 Å². The van der Waals surface area contributed by atoms with E-state index in [1.54, 1.807) is 18.2 Å². The van der Waals surface area contributed by atoms with Crippen LogP contribution in [0.4, 0.5) is 0 Å². The van der Waals surface area contributed by atoms with Crippen LogP contribution >= 0.6 is 0 Å². The van der Waals surface area contributed by atoms with Gasteiger partial charge in [-0.25, -0.2) is 8.42 Å². The van der Waals surface area contributed by atoms with Gasteiger partial charge in [0.15, 0.2) is 5.78 Å². The molecule has 2 aromatic rings. The van der Waals surface area contributed by atoms with Gasteiger partial charge in [0.2, 0.25) is 10.0 Å².